The summed E-state index contributed by atoms with van der Waals surface area (Å²) in [5.41, 5.74) is 0.856. The fourth-order valence-electron chi connectivity index (χ4n) is 2.31. The van der Waals surface area contributed by atoms with Gasteiger partial charge in [-0.05, 0) is 29.1 Å². The number of nitrogens with zero attached hydrogens (tertiary/aromatic N) is 2. The van der Waals surface area contributed by atoms with Crippen LogP contribution in [-0.2, 0) is 17.9 Å². The van der Waals surface area contributed by atoms with Gasteiger partial charge >= 0.3 is 0 Å². The summed E-state index contributed by atoms with van der Waals surface area (Å²) in [5, 5.41) is 6.46. The van der Waals surface area contributed by atoms with E-state index in [0.29, 0.717) is 33.5 Å². The van der Waals surface area contributed by atoms with E-state index in [-0.39, 0.29) is 17.2 Å². The number of halogens is 1. The average Bonchev–Trinajstić information content (AvgIpc) is 3.11. The second-order valence-electron chi connectivity index (χ2n) is 5.43. The Balaban J connectivity index is 1.67. The summed E-state index contributed by atoms with van der Waals surface area (Å²) in [5.74, 6) is 0.0456. The number of aromatic nitrogens is 2. The number of hydrogen-bond acceptors (Lipinski definition) is 5. The number of carbonyl (C=O) groups is 1. The topological polar surface area (TPSA) is 64.0 Å². The Morgan fingerprint density at radius 3 is 2.85 bits per heavy atom. The lowest BCUT2D eigenvalue weighted by Gasteiger charge is -2.10. The van der Waals surface area contributed by atoms with E-state index in [1.165, 1.54) is 23.1 Å². The highest BCUT2D eigenvalue weighted by Gasteiger charge is 2.13. The Hall–Kier alpha value is -2.09. The largest absolute Gasteiger partial charge is 0.351 e. The maximum absolute atomic E-state index is 12.5. The number of rotatable bonds is 7. The van der Waals surface area contributed by atoms with Gasteiger partial charge in [0.05, 0.1) is 11.1 Å². The molecule has 1 amide bonds. The molecule has 0 aliphatic heterocycles. The fraction of sp³-hybridized carbons (Fsp3) is 0.167. The first kappa shape index (κ1) is 18.7. The zero-order valence-corrected chi connectivity index (χ0v) is 16.2. The van der Waals surface area contributed by atoms with Crippen molar-refractivity contribution in [3.63, 3.8) is 0 Å². The van der Waals surface area contributed by atoms with Crippen LogP contribution in [-0.4, -0.2) is 21.2 Å². The summed E-state index contributed by atoms with van der Waals surface area (Å²) in [4.78, 5) is 29.9. The van der Waals surface area contributed by atoms with Crippen LogP contribution in [0, 0.1) is 0 Å². The van der Waals surface area contributed by atoms with Gasteiger partial charge < -0.3 is 5.32 Å². The van der Waals surface area contributed by atoms with Gasteiger partial charge in [-0.3, -0.25) is 14.2 Å². The average molecular weight is 406 g/mol. The van der Waals surface area contributed by atoms with Crippen LogP contribution in [0.3, 0.4) is 0 Å². The highest BCUT2D eigenvalue weighted by atomic mass is 35.5. The van der Waals surface area contributed by atoms with Crippen molar-refractivity contribution in [3.05, 3.63) is 69.3 Å². The maximum Gasteiger partial charge on any atom is 0.263 e. The minimum absolute atomic E-state index is 0.111. The number of thioether (sulfide) groups is 1. The van der Waals surface area contributed by atoms with Gasteiger partial charge in [-0.15, -0.1) is 17.9 Å². The second-order valence-corrected chi connectivity index (χ2v) is 7.70. The Morgan fingerprint density at radius 1 is 1.35 bits per heavy atom. The summed E-state index contributed by atoms with van der Waals surface area (Å²) < 4.78 is 1.54. The molecule has 0 saturated carbocycles. The van der Waals surface area contributed by atoms with Crippen molar-refractivity contribution in [1.29, 1.82) is 0 Å². The van der Waals surface area contributed by atoms with Crippen LogP contribution in [0.5, 0.6) is 0 Å². The predicted octanol–water partition coefficient (Wildman–Crippen LogP) is 3.71. The van der Waals surface area contributed by atoms with Crippen molar-refractivity contribution in [2.24, 2.45) is 0 Å². The zero-order valence-electron chi connectivity index (χ0n) is 13.8. The third kappa shape index (κ3) is 4.35. The Kier molecular flexibility index (Phi) is 6.13. The first-order chi connectivity index (χ1) is 12.6. The highest BCUT2D eigenvalue weighted by Crippen LogP contribution is 2.21. The summed E-state index contributed by atoms with van der Waals surface area (Å²) >= 11 is 8.50. The number of thiophene rings is 1. The molecule has 3 aromatic rings. The van der Waals surface area contributed by atoms with Gasteiger partial charge in [0.2, 0.25) is 5.91 Å². The van der Waals surface area contributed by atoms with E-state index < -0.39 is 0 Å². The molecule has 0 aliphatic carbocycles. The van der Waals surface area contributed by atoms with Gasteiger partial charge in [0.15, 0.2) is 5.16 Å². The summed E-state index contributed by atoms with van der Waals surface area (Å²) in [6, 6.07) is 9.06. The van der Waals surface area contributed by atoms with Gasteiger partial charge in [-0.2, -0.15) is 0 Å². The van der Waals surface area contributed by atoms with Gasteiger partial charge in [-0.1, -0.05) is 41.6 Å². The van der Waals surface area contributed by atoms with Crippen molar-refractivity contribution in [3.8, 4) is 0 Å². The summed E-state index contributed by atoms with van der Waals surface area (Å²) in [6.07, 6.45) is 1.64. The Morgan fingerprint density at radius 2 is 2.12 bits per heavy atom. The molecular weight excluding hydrogens is 390 g/mol. The SMILES string of the molecule is C=CCn1c(SCC(=O)NCc2ccc(Cl)cc2)nc2sccc2c1=O. The molecule has 0 saturated heterocycles. The van der Waals surface area contributed by atoms with Crippen LogP contribution in [0.4, 0.5) is 0 Å². The van der Waals surface area contributed by atoms with Crippen molar-refractivity contribution in [2.75, 3.05) is 5.75 Å². The van der Waals surface area contributed by atoms with Crippen molar-refractivity contribution >= 4 is 50.8 Å². The minimum atomic E-state index is -0.129. The molecule has 0 aliphatic rings. The zero-order chi connectivity index (χ0) is 18.5. The smallest absolute Gasteiger partial charge is 0.263 e. The number of hydrogen-bond donors (Lipinski definition) is 1. The number of benzene rings is 1. The van der Waals surface area contributed by atoms with E-state index in [1.807, 2.05) is 17.5 Å². The van der Waals surface area contributed by atoms with E-state index in [2.05, 4.69) is 16.9 Å². The molecule has 3 rings (SSSR count). The molecule has 0 fully saturated rings. The third-order valence-electron chi connectivity index (χ3n) is 3.60. The first-order valence-corrected chi connectivity index (χ1v) is 10.1. The van der Waals surface area contributed by atoms with Gasteiger partial charge in [0.25, 0.3) is 5.56 Å². The maximum atomic E-state index is 12.5. The van der Waals surface area contributed by atoms with Crippen molar-refractivity contribution in [1.82, 2.24) is 14.9 Å². The summed E-state index contributed by atoms with van der Waals surface area (Å²) in [7, 11) is 0. The first-order valence-electron chi connectivity index (χ1n) is 7.81. The second kappa shape index (κ2) is 8.53. The molecular formula is C18H16ClN3O2S2. The van der Waals surface area contributed by atoms with Crippen LogP contribution >= 0.6 is 34.7 Å². The summed E-state index contributed by atoms with van der Waals surface area (Å²) in [6.45, 7) is 4.47. The van der Waals surface area contributed by atoms with E-state index in [0.717, 1.165) is 5.56 Å². The fourth-order valence-corrected chi connectivity index (χ4v) is 4.08. The van der Waals surface area contributed by atoms with Gasteiger partial charge in [0.1, 0.15) is 4.83 Å². The molecule has 2 aromatic heterocycles. The predicted molar refractivity (Wildman–Crippen MR) is 108 cm³/mol. The number of fused-ring (bicyclic) bond motifs is 1. The lowest BCUT2D eigenvalue weighted by atomic mass is 10.2. The van der Waals surface area contributed by atoms with Gasteiger partial charge in [-0.25, -0.2) is 4.98 Å². The highest BCUT2D eigenvalue weighted by molar-refractivity contribution is 7.99. The molecule has 0 spiro atoms. The van der Waals surface area contributed by atoms with Crippen LogP contribution in [0.1, 0.15) is 5.56 Å². The third-order valence-corrected chi connectivity index (χ3v) is 5.63. The Bertz CT molecular complexity index is 996. The van der Waals surface area contributed by atoms with Gasteiger partial charge in [0, 0.05) is 18.1 Å². The van der Waals surface area contributed by atoms with Crippen molar-refractivity contribution < 1.29 is 4.79 Å². The molecule has 5 nitrogen and oxygen atoms in total. The lowest BCUT2D eigenvalue weighted by molar-refractivity contribution is -0.118. The molecule has 0 bridgehead atoms. The molecule has 2 heterocycles. The molecule has 1 aromatic carbocycles. The van der Waals surface area contributed by atoms with E-state index >= 15 is 0 Å². The normalized spacial score (nSPS) is 10.8. The lowest BCUT2D eigenvalue weighted by Crippen LogP contribution is -2.26. The van der Waals surface area contributed by atoms with E-state index in [4.69, 9.17) is 11.6 Å². The molecule has 0 radical (unpaired) electrons. The van der Waals surface area contributed by atoms with Crippen LogP contribution in [0.25, 0.3) is 10.2 Å². The molecule has 1 N–H and O–H groups in total. The standard InChI is InChI=1S/C18H16ClN3O2S2/c1-2-8-22-17(24)14-7-9-25-16(14)21-18(22)26-11-15(23)20-10-12-3-5-13(19)6-4-12/h2-7,9H,1,8,10-11H2,(H,20,23). The molecule has 8 heteroatoms. The molecule has 134 valence electrons. The quantitative estimate of drug-likeness (QED) is 0.370. The molecule has 26 heavy (non-hydrogen) atoms. The number of nitrogens with one attached hydrogen (secondary N) is 1. The van der Waals surface area contributed by atoms with Crippen LogP contribution in [0.2, 0.25) is 5.02 Å². The number of allylic oxidation sites excluding steroid dienone is 1. The van der Waals surface area contributed by atoms with E-state index in [1.54, 1.807) is 28.8 Å². The van der Waals surface area contributed by atoms with Crippen LogP contribution < -0.4 is 10.9 Å². The molecule has 0 unspecified atom stereocenters. The number of carbonyl (C=O) groups excluding carboxylic acids is 1. The monoisotopic (exact) mass is 405 g/mol. The van der Waals surface area contributed by atoms with Crippen molar-refractivity contribution in [2.45, 2.75) is 18.2 Å². The Labute approximate surface area is 163 Å². The van der Waals surface area contributed by atoms with Crippen LogP contribution in [0.15, 0.2) is 58.3 Å². The number of amides is 1. The molecule has 0 atom stereocenters. The minimum Gasteiger partial charge on any atom is -0.351 e. The van der Waals surface area contributed by atoms with E-state index in [9.17, 15) is 9.59 Å².